The topological polar surface area (TPSA) is 70.5 Å². The molecule has 1 aliphatic heterocycles. The molecule has 1 unspecified atom stereocenters. The summed E-state index contributed by atoms with van der Waals surface area (Å²) in [6.45, 7) is 10.1. The van der Waals surface area contributed by atoms with Gasteiger partial charge in [-0.25, -0.2) is 9.97 Å². The van der Waals surface area contributed by atoms with E-state index in [1.54, 1.807) is 11.3 Å². The van der Waals surface area contributed by atoms with Gasteiger partial charge in [0.25, 0.3) is 0 Å². The number of aryl methyl sites for hydroxylation is 2. The number of rotatable bonds is 5. The van der Waals surface area contributed by atoms with Gasteiger partial charge in [-0.2, -0.15) is 0 Å². The van der Waals surface area contributed by atoms with Crippen molar-refractivity contribution in [1.29, 1.82) is 0 Å². The first-order valence-electron chi connectivity index (χ1n) is 7.93. The second kappa shape index (κ2) is 6.68. The molecule has 1 atom stereocenters. The third kappa shape index (κ3) is 3.98. The maximum absolute atomic E-state index is 10.7. The van der Waals surface area contributed by atoms with Gasteiger partial charge in [-0.15, -0.1) is 11.3 Å². The lowest BCUT2D eigenvalue weighted by Crippen LogP contribution is -2.49. The maximum atomic E-state index is 10.7. The molecule has 6 nitrogen and oxygen atoms in total. The van der Waals surface area contributed by atoms with Crippen molar-refractivity contribution in [2.24, 2.45) is 0 Å². The van der Waals surface area contributed by atoms with Gasteiger partial charge in [-0.05, 0) is 31.7 Å². The van der Waals surface area contributed by atoms with E-state index in [4.69, 9.17) is 4.74 Å². The lowest BCUT2D eigenvalue weighted by Gasteiger charge is -2.34. The van der Waals surface area contributed by atoms with Crippen LogP contribution in [0.3, 0.4) is 0 Å². The van der Waals surface area contributed by atoms with Gasteiger partial charge in [0, 0.05) is 26.2 Å². The SMILES string of the molecule is Cc1nc(NCC(C)(O)CN2CCOCC2)c2c(C)csc2n1. The van der Waals surface area contributed by atoms with Crippen molar-refractivity contribution in [3.63, 3.8) is 0 Å². The number of hydrogen-bond acceptors (Lipinski definition) is 7. The van der Waals surface area contributed by atoms with Gasteiger partial charge in [-0.3, -0.25) is 4.90 Å². The number of morpholine rings is 1. The summed E-state index contributed by atoms with van der Waals surface area (Å²) in [5.74, 6) is 1.56. The number of anilines is 1. The lowest BCUT2D eigenvalue weighted by atomic mass is 10.1. The van der Waals surface area contributed by atoms with Crippen LogP contribution in [-0.2, 0) is 4.74 Å². The summed E-state index contributed by atoms with van der Waals surface area (Å²) in [6.07, 6.45) is 0. The van der Waals surface area contributed by atoms with Crippen molar-refractivity contribution < 1.29 is 9.84 Å². The predicted molar refractivity (Wildman–Crippen MR) is 93.3 cm³/mol. The predicted octanol–water partition coefficient (Wildman–Crippen LogP) is 1.80. The van der Waals surface area contributed by atoms with E-state index in [1.807, 2.05) is 13.8 Å². The van der Waals surface area contributed by atoms with E-state index in [2.05, 4.69) is 32.5 Å². The molecule has 1 aliphatic rings. The molecule has 0 amide bonds. The molecule has 23 heavy (non-hydrogen) atoms. The fourth-order valence-electron chi connectivity index (χ4n) is 2.89. The Morgan fingerprint density at radius 1 is 1.35 bits per heavy atom. The quantitative estimate of drug-likeness (QED) is 0.868. The van der Waals surface area contributed by atoms with Crippen molar-refractivity contribution in [1.82, 2.24) is 14.9 Å². The first kappa shape index (κ1) is 16.6. The van der Waals surface area contributed by atoms with Crippen LogP contribution in [-0.4, -0.2) is 65.0 Å². The Morgan fingerprint density at radius 2 is 2.09 bits per heavy atom. The van der Waals surface area contributed by atoms with Gasteiger partial charge in [0.1, 0.15) is 16.5 Å². The van der Waals surface area contributed by atoms with Gasteiger partial charge in [0.15, 0.2) is 0 Å². The van der Waals surface area contributed by atoms with E-state index in [0.717, 1.165) is 48.2 Å². The molecule has 1 fully saturated rings. The van der Waals surface area contributed by atoms with Crippen LogP contribution in [0.15, 0.2) is 5.38 Å². The zero-order chi connectivity index (χ0) is 16.4. The fraction of sp³-hybridized carbons (Fsp3) is 0.625. The van der Waals surface area contributed by atoms with Gasteiger partial charge >= 0.3 is 0 Å². The Labute approximate surface area is 140 Å². The second-order valence-electron chi connectivity index (χ2n) is 6.46. The minimum Gasteiger partial charge on any atom is -0.387 e. The Balaban J connectivity index is 1.70. The number of aromatic nitrogens is 2. The fourth-order valence-corrected chi connectivity index (χ4v) is 3.86. The molecule has 3 heterocycles. The number of β-amino-alcohol motifs (C(OH)–C–C–N with tert-alkyl or cyclic N) is 1. The number of nitrogens with zero attached hydrogens (tertiary/aromatic N) is 3. The largest absolute Gasteiger partial charge is 0.387 e. The molecule has 3 rings (SSSR count). The highest BCUT2D eigenvalue weighted by Gasteiger charge is 2.25. The number of fused-ring (bicyclic) bond motifs is 1. The van der Waals surface area contributed by atoms with Crippen molar-refractivity contribution in [2.45, 2.75) is 26.4 Å². The molecule has 126 valence electrons. The van der Waals surface area contributed by atoms with Crippen molar-refractivity contribution >= 4 is 27.4 Å². The van der Waals surface area contributed by atoms with Gasteiger partial charge in [0.2, 0.25) is 0 Å². The van der Waals surface area contributed by atoms with Crippen molar-refractivity contribution in [3.05, 3.63) is 16.8 Å². The molecular weight excluding hydrogens is 312 g/mol. The van der Waals surface area contributed by atoms with Crippen LogP contribution >= 0.6 is 11.3 Å². The van der Waals surface area contributed by atoms with E-state index in [0.29, 0.717) is 13.1 Å². The molecule has 0 aromatic carbocycles. The summed E-state index contributed by atoms with van der Waals surface area (Å²) in [5.41, 5.74) is 0.340. The zero-order valence-electron chi connectivity index (χ0n) is 13.9. The molecule has 0 spiro atoms. The van der Waals surface area contributed by atoms with E-state index < -0.39 is 5.60 Å². The zero-order valence-corrected chi connectivity index (χ0v) is 14.7. The summed E-state index contributed by atoms with van der Waals surface area (Å²) >= 11 is 1.63. The van der Waals surface area contributed by atoms with Crippen LogP contribution < -0.4 is 5.32 Å². The molecule has 0 radical (unpaired) electrons. The van der Waals surface area contributed by atoms with Crippen LogP contribution in [0.25, 0.3) is 10.2 Å². The highest BCUT2D eigenvalue weighted by atomic mass is 32.1. The van der Waals surface area contributed by atoms with Gasteiger partial charge in [0.05, 0.1) is 24.2 Å². The number of nitrogens with one attached hydrogen (secondary N) is 1. The Morgan fingerprint density at radius 3 is 2.83 bits per heavy atom. The number of ether oxygens (including phenoxy) is 1. The molecule has 2 aromatic rings. The van der Waals surface area contributed by atoms with Crippen LogP contribution in [0, 0.1) is 13.8 Å². The molecule has 0 bridgehead atoms. The summed E-state index contributed by atoms with van der Waals surface area (Å²) in [6, 6.07) is 0. The summed E-state index contributed by atoms with van der Waals surface area (Å²) in [7, 11) is 0. The van der Waals surface area contributed by atoms with Crippen molar-refractivity contribution in [2.75, 3.05) is 44.7 Å². The number of thiophene rings is 1. The third-order valence-electron chi connectivity index (χ3n) is 4.03. The van der Waals surface area contributed by atoms with Crippen LogP contribution in [0.1, 0.15) is 18.3 Å². The van der Waals surface area contributed by atoms with E-state index in [-0.39, 0.29) is 0 Å². The summed E-state index contributed by atoms with van der Waals surface area (Å²) in [4.78, 5) is 12.2. The summed E-state index contributed by atoms with van der Waals surface area (Å²) in [5, 5.41) is 17.2. The average molecular weight is 336 g/mol. The Hall–Kier alpha value is -1.28. The van der Waals surface area contributed by atoms with Crippen LogP contribution in [0.4, 0.5) is 5.82 Å². The third-order valence-corrected chi connectivity index (χ3v) is 5.02. The Bertz CT molecular complexity index is 680. The number of aliphatic hydroxyl groups is 1. The minimum absolute atomic E-state index is 0.450. The normalized spacial score (nSPS) is 19.0. The minimum atomic E-state index is -0.827. The molecule has 2 N–H and O–H groups in total. The average Bonchev–Trinajstić information content (AvgIpc) is 2.87. The second-order valence-corrected chi connectivity index (χ2v) is 7.32. The number of hydrogen-bond donors (Lipinski definition) is 2. The molecule has 0 aliphatic carbocycles. The highest BCUT2D eigenvalue weighted by molar-refractivity contribution is 7.17. The molecule has 1 saturated heterocycles. The maximum Gasteiger partial charge on any atom is 0.138 e. The molecule has 7 heteroatoms. The van der Waals surface area contributed by atoms with Crippen molar-refractivity contribution in [3.8, 4) is 0 Å². The molecule has 0 saturated carbocycles. The van der Waals surface area contributed by atoms with Gasteiger partial charge < -0.3 is 15.2 Å². The lowest BCUT2D eigenvalue weighted by molar-refractivity contribution is -0.0163. The standard InChI is InChI=1S/C16H24N4O2S/c1-11-8-23-15-13(11)14(18-12(2)19-15)17-9-16(3,21)10-20-4-6-22-7-5-20/h8,21H,4-7,9-10H2,1-3H3,(H,17,18,19). The molecule has 2 aromatic heterocycles. The van der Waals surface area contributed by atoms with E-state index in [9.17, 15) is 5.11 Å². The van der Waals surface area contributed by atoms with E-state index in [1.165, 1.54) is 5.56 Å². The highest BCUT2D eigenvalue weighted by Crippen LogP contribution is 2.29. The first-order valence-corrected chi connectivity index (χ1v) is 8.81. The Kier molecular flexibility index (Phi) is 4.82. The smallest absolute Gasteiger partial charge is 0.138 e. The van der Waals surface area contributed by atoms with Gasteiger partial charge in [-0.1, -0.05) is 0 Å². The first-order chi connectivity index (χ1) is 10.9. The summed E-state index contributed by atoms with van der Waals surface area (Å²) < 4.78 is 5.35. The van der Waals surface area contributed by atoms with Crippen LogP contribution in [0.5, 0.6) is 0 Å². The van der Waals surface area contributed by atoms with E-state index >= 15 is 0 Å². The van der Waals surface area contributed by atoms with Crippen LogP contribution in [0.2, 0.25) is 0 Å². The molecular formula is C16H24N4O2S. The monoisotopic (exact) mass is 336 g/mol.